The topological polar surface area (TPSA) is 110 Å². The van der Waals surface area contributed by atoms with Gasteiger partial charge in [0, 0.05) is 38.3 Å². The molecule has 4 rings (SSSR count). The van der Waals surface area contributed by atoms with Crippen LogP contribution in [0.2, 0.25) is 0 Å². The number of benzene rings is 1. The summed E-state index contributed by atoms with van der Waals surface area (Å²) in [6.45, 7) is 5.93. The van der Waals surface area contributed by atoms with Gasteiger partial charge >= 0.3 is 18.0 Å². The Kier molecular flexibility index (Phi) is 8.67. The summed E-state index contributed by atoms with van der Waals surface area (Å²) in [4.78, 5) is 36.2. The van der Waals surface area contributed by atoms with E-state index >= 15 is 0 Å². The third kappa shape index (κ3) is 7.37. The molecular weight excluding hydrogens is 410 g/mol. The number of carbonyl (C=O) groups is 3. The fourth-order valence-electron chi connectivity index (χ4n) is 4.88. The highest BCUT2D eigenvalue weighted by Gasteiger charge is 2.35. The van der Waals surface area contributed by atoms with Crippen molar-refractivity contribution < 1.29 is 24.6 Å². The summed E-state index contributed by atoms with van der Waals surface area (Å²) in [5.41, 5.74) is 1.43. The number of amides is 2. The second-order valence-corrected chi connectivity index (χ2v) is 8.94. The number of carboxylic acid groups (broad SMARTS) is 2. The fourth-order valence-corrected chi connectivity index (χ4v) is 4.88. The second-order valence-electron chi connectivity index (χ2n) is 8.94. The summed E-state index contributed by atoms with van der Waals surface area (Å²) < 4.78 is 0. The molecule has 3 aliphatic rings. The van der Waals surface area contributed by atoms with Crippen molar-refractivity contribution in [1.29, 1.82) is 0 Å². The lowest BCUT2D eigenvalue weighted by atomic mass is 9.86. The lowest BCUT2D eigenvalue weighted by Gasteiger charge is -2.44. The number of likely N-dealkylation sites (tertiary alicyclic amines) is 2. The van der Waals surface area contributed by atoms with Crippen molar-refractivity contribution in [3.8, 4) is 0 Å². The number of nitrogens with one attached hydrogen (secondary N) is 1. The van der Waals surface area contributed by atoms with Gasteiger partial charge in [-0.3, -0.25) is 0 Å². The number of urea groups is 1. The Hall–Kier alpha value is -2.87. The first-order valence-electron chi connectivity index (χ1n) is 11.3. The smallest absolute Gasteiger partial charge is 0.328 e. The van der Waals surface area contributed by atoms with Crippen LogP contribution in [-0.2, 0) is 16.0 Å². The summed E-state index contributed by atoms with van der Waals surface area (Å²) in [7, 11) is 0. The molecule has 0 saturated carbocycles. The Morgan fingerprint density at radius 3 is 2.00 bits per heavy atom. The monoisotopic (exact) mass is 443 g/mol. The highest BCUT2D eigenvalue weighted by atomic mass is 16.4. The van der Waals surface area contributed by atoms with E-state index in [1.807, 2.05) is 0 Å². The molecule has 1 aromatic carbocycles. The molecular formula is C24H33N3O5. The van der Waals surface area contributed by atoms with Gasteiger partial charge in [-0.1, -0.05) is 30.3 Å². The van der Waals surface area contributed by atoms with Gasteiger partial charge < -0.3 is 25.3 Å². The first-order chi connectivity index (χ1) is 15.4. The minimum absolute atomic E-state index is 0.296. The van der Waals surface area contributed by atoms with E-state index in [1.165, 1.54) is 12.0 Å². The normalized spacial score (nSPS) is 23.4. The van der Waals surface area contributed by atoms with Gasteiger partial charge in [-0.25, -0.2) is 14.4 Å². The number of hydrogen-bond acceptors (Lipinski definition) is 4. The van der Waals surface area contributed by atoms with E-state index in [2.05, 4.69) is 45.4 Å². The molecule has 0 aromatic heterocycles. The lowest BCUT2D eigenvalue weighted by Crippen LogP contribution is -2.56. The summed E-state index contributed by atoms with van der Waals surface area (Å²) >= 11 is 0. The van der Waals surface area contributed by atoms with E-state index in [1.54, 1.807) is 0 Å². The molecule has 3 N–H and O–H groups in total. The van der Waals surface area contributed by atoms with Crippen LogP contribution in [0.5, 0.6) is 0 Å². The fraction of sp³-hybridized carbons (Fsp3) is 0.542. The largest absolute Gasteiger partial charge is 0.478 e. The summed E-state index contributed by atoms with van der Waals surface area (Å²) in [6.07, 6.45) is 5.86. The SMILES string of the molecule is O=C(N1CCC(Cc2ccccc2)CC1)N1C[C@@H]2CNC[C@@H](C2)C1.O=C(O)/C=C/C(=O)O. The van der Waals surface area contributed by atoms with Crippen LogP contribution < -0.4 is 5.32 Å². The molecule has 3 saturated heterocycles. The van der Waals surface area contributed by atoms with Crippen LogP contribution in [0.4, 0.5) is 4.79 Å². The Labute approximate surface area is 188 Å². The van der Waals surface area contributed by atoms with Crippen molar-refractivity contribution in [2.75, 3.05) is 39.3 Å². The van der Waals surface area contributed by atoms with Crippen LogP contribution in [0.25, 0.3) is 0 Å². The van der Waals surface area contributed by atoms with Gasteiger partial charge in [0.05, 0.1) is 0 Å². The lowest BCUT2D eigenvalue weighted by molar-refractivity contribution is -0.134. The van der Waals surface area contributed by atoms with Crippen LogP contribution in [0.1, 0.15) is 24.8 Å². The molecule has 3 heterocycles. The molecule has 8 heteroatoms. The summed E-state index contributed by atoms with van der Waals surface area (Å²) in [5, 5.41) is 19.1. The first-order valence-corrected chi connectivity index (χ1v) is 11.3. The minimum atomic E-state index is -1.26. The molecule has 3 fully saturated rings. The predicted molar refractivity (Wildman–Crippen MR) is 120 cm³/mol. The van der Waals surface area contributed by atoms with E-state index in [0.29, 0.717) is 30.0 Å². The van der Waals surface area contributed by atoms with Crippen LogP contribution >= 0.6 is 0 Å². The minimum Gasteiger partial charge on any atom is -0.478 e. The molecule has 0 aliphatic carbocycles. The van der Waals surface area contributed by atoms with Crippen molar-refractivity contribution in [2.24, 2.45) is 17.8 Å². The maximum Gasteiger partial charge on any atom is 0.328 e. The molecule has 0 spiro atoms. The highest BCUT2D eigenvalue weighted by molar-refractivity contribution is 5.89. The third-order valence-corrected chi connectivity index (χ3v) is 6.38. The third-order valence-electron chi connectivity index (χ3n) is 6.38. The van der Waals surface area contributed by atoms with Gasteiger partial charge in [0.2, 0.25) is 0 Å². The van der Waals surface area contributed by atoms with Crippen molar-refractivity contribution >= 4 is 18.0 Å². The molecule has 2 bridgehead atoms. The average Bonchev–Trinajstić information content (AvgIpc) is 2.78. The molecule has 2 atom stereocenters. The maximum absolute atomic E-state index is 12.9. The molecule has 174 valence electrons. The zero-order valence-electron chi connectivity index (χ0n) is 18.4. The van der Waals surface area contributed by atoms with E-state index < -0.39 is 11.9 Å². The van der Waals surface area contributed by atoms with E-state index in [4.69, 9.17) is 10.2 Å². The number of rotatable bonds is 4. The van der Waals surface area contributed by atoms with Crippen LogP contribution in [0.3, 0.4) is 0 Å². The predicted octanol–water partition coefficient (Wildman–Crippen LogP) is 2.31. The number of fused-ring (bicyclic) bond motifs is 2. The van der Waals surface area contributed by atoms with Crippen LogP contribution in [0, 0.1) is 17.8 Å². The van der Waals surface area contributed by atoms with Gasteiger partial charge in [0.1, 0.15) is 0 Å². The summed E-state index contributed by atoms with van der Waals surface area (Å²) in [6, 6.07) is 11.1. The van der Waals surface area contributed by atoms with E-state index in [0.717, 1.165) is 64.4 Å². The van der Waals surface area contributed by atoms with Crippen molar-refractivity contribution in [3.63, 3.8) is 0 Å². The second kappa shape index (κ2) is 11.7. The number of carbonyl (C=O) groups excluding carboxylic acids is 1. The quantitative estimate of drug-likeness (QED) is 0.616. The molecule has 2 amide bonds. The zero-order valence-corrected chi connectivity index (χ0v) is 18.4. The summed E-state index contributed by atoms with van der Waals surface area (Å²) in [5.74, 6) is -0.463. The Morgan fingerprint density at radius 1 is 0.906 bits per heavy atom. The molecule has 3 aliphatic heterocycles. The number of aliphatic carboxylic acids is 2. The first kappa shape index (κ1) is 23.8. The Balaban J connectivity index is 0.000000312. The van der Waals surface area contributed by atoms with Gasteiger partial charge in [0.25, 0.3) is 0 Å². The van der Waals surface area contributed by atoms with Gasteiger partial charge in [0.15, 0.2) is 0 Å². The maximum atomic E-state index is 12.9. The van der Waals surface area contributed by atoms with Crippen molar-refractivity contribution in [2.45, 2.75) is 25.7 Å². The van der Waals surface area contributed by atoms with Gasteiger partial charge in [-0.15, -0.1) is 0 Å². The average molecular weight is 444 g/mol. The molecule has 0 unspecified atom stereocenters. The molecule has 32 heavy (non-hydrogen) atoms. The van der Waals surface area contributed by atoms with Crippen LogP contribution in [-0.4, -0.2) is 77.3 Å². The highest BCUT2D eigenvalue weighted by Crippen LogP contribution is 2.27. The zero-order chi connectivity index (χ0) is 22.9. The van der Waals surface area contributed by atoms with E-state index in [9.17, 15) is 14.4 Å². The number of nitrogens with zero attached hydrogens (tertiary/aromatic N) is 2. The van der Waals surface area contributed by atoms with Crippen molar-refractivity contribution in [1.82, 2.24) is 15.1 Å². The molecule has 0 radical (unpaired) electrons. The van der Waals surface area contributed by atoms with Crippen LogP contribution in [0.15, 0.2) is 42.5 Å². The van der Waals surface area contributed by atoms with E-state index in [-0.39, 0.29) is 0 Å². The standard InChI is InChI=1S/C20H29N3O.C4H4O4/c24-20(23-14-18-11-19(15-23)13-21-12-18)22-8-6-17(7-9-22)10-16-4-2-1-3-5-16;5-3(6)1-2-4(7)8/h1-5,17-19,21H,6-15H2;1-2H,(H,5,6)(H,7,8)/b;2-1+/t18-,19+;. The Morgan fingerprint density at radius 2 is 1.47 bits per heavy atom. The van der Waals surface area contributed by atoms with Gasteiger partial charge in [-0.2, -0.15) is 0 Å². The number of hydrogen-bond donors (Lipinski definition) is 3. The molecule has 8 nitrogen and oxygen atoms in total. The van der Waals surface area contributed by atoms with Crippen molar-refractivity contribution in [3.05, 3.63) is 48.0 Å². The van der Waals surface area contributed by atoms with Gasteiger partial charge in [-0.05, 0) is 62.1 Å². The number of piperidine rings is 3. The Bertz CT molecular complexity index is 777. The number of carboxylic acids is 2. The molecule has 1 aromatic rings.